The molecule has 0 fully saturated rings. The van der Waals surface area contributed by atoms with Crippen LogP contribution in [0.1, 0.15) is 11.3 Å². The lowest BCUT2D eigenvalue weighted by Crippen LogP contribution is -2.00. The van der Waals surface area contributed by atoms with Crippen LogP contribution in [0.3, 0.4) is 0 Å². The van der Waals surface area contributed by atoms with Crippen molar-refractivity contribution in [2.45, 2.75) is 11.8 Å². The molecule has 1 aromatic heterocycles. The Balaban J connectivity index is 2.12. The molecular weight excluding hydrogens is 244 g/mol. The molecule has 0 saturated heterocycles. The van der Waals surface area contributed by atoms with Crippen LogP contribution in [0.15, 0.2) is 41.6 Å². The van der Waals surface area contributed by atoms with Gasteiger partial charge in [0.2, 0.25) is 5.88 Å². The van der Waals surface area contributed by atoms with Crippen LogP contribution in [0, 0.1) is 12.3 Å². The fourth-order valence-electron chi connectivity index (χ4n) is 1.37. The van der Waals surface area contributed by atoms with Gasteiger partial charge in [-0.05, 0) is 17.7 Å². The van der Waals surface area contributed by atoms with Gasteiger partial charge in [-0.2, -0.15) is 4.98 Å². The van der Waals surface area contributed by atoms with Crippen molar-refractivity contribution in [1.29, 1.82) is 0 Å². The normalized spacial score (nSPS) is 9.78. The van der Waals surface area contributed by atoms with Gasteiger partial charge in [0.05, 0.1) is 0 Å². The van der Waals surface area contributed by atoms with Crippen molar-refractivity contribution in [2.75, 3.05) is 6.26 Å². The quantitative estimate of drug-likeness (QED) is 0.478. The van der Waals surface area contributed by atoms with Crippen LogP contribution in [0.5, 0.6) is 5.88 Å². The van der Waals surface area contributed by atoms with Gasteiger partial charge in [0.1, 0.15) is 12.3 Å². The van der Waals surface area contributed by atoms with Gasteiger partial charge in [-0.3, -0.25) is 0 Å². The number of ether oxygens (including phenoxy) is 1. The van der Waals surface area contributed by atoms with Crippen LogP contribution < -0.4 is 4.74 Å². The van der Waals surface area contributed by atoms with E-state index in [0.717, 1.165) is 5.56 Å². The number of hydrogen-bond donors (Lipinski definition) is 0. The fraction of sp³-hybridized carbons (Fsp3) is 0.143. The molecule has 0 atom stereocenters. The highest BCUT2D eigenvalue weighted by molar-refractivity contribution is 7.98. The second-order valence-corrected chi connectivity index (χ2v) is 4.27. The molecule has 0 saturated carbocycles. The van der Waals surface area contributed by atoms with Crippen molar-refractivity contribution >= 4 is 11.8 Å². The maximum absolute atomic E-state index is 5.62. The molecule has 0 unspecified atom stereocenters. The van der Waals surface area contributed by atoms with Gasteiger partial charge >= 0.3 is 0 Å². The van der Waals surface area contributed by atoms with E-state index in [1.165, 1.54) is 11.8 Å². The molecule has 0 bridgehead atoms. The number of nitrogens with zero attached hydrogens (tertiary/aromatic N) is 2. The highest BCUT2D eigenvalue weighted by atomic mass is 32.2. The minimum Gasteiger partial charge on any atom is -0.473 e. The van der Waals surface area contributed by atoms with Crippen molar-refractivity contribution in [3.63, 3.8) is 0 Å². The average molecular weight is 256 g/mol. The SMILES string of the molecule is C#Cc1cc(OCc2ccccc2)nc(SC)n1. The standard InChI is InChI=1S/C14H12N2OS/c1-3-12-9-13(16-14(15-12)18-2)17-10-11-7-5-4-6-8-11/h1,4-9H,10H2,2H3. The molecule has 0 radical (unpaired) electrons. The number of rotatable bonds is 4. The summed E-state index contributed by atoms with van der Waals surface area (Å²) in [5, 5.41) is 0.619. The van der Waals surface area contributed by atoms with Gasteiger partial charge in [0.15, 0.2) is 5.16 Å². The number of hydrogen-bond acceptors (Lipinski definition) is 4. The van der Waals surface area contributed by atoms with Crippen LogP contribution in [-0.2, 0) is 6.61 Å². The van der Waals surface area contributed by atoms with Gasteiger partial charge in [-0.25, -0.2) is 4.98 Å². The summed E-state index contributed by atoms with van der Waals surface area (Å²) in [6.07, 6.45) is 7.24. The van der Waals surface area contributed by atoms with E-state index in [0.29, 0.717) is 23.3 Å². The number of benzene rings is 1. The van der Waals surface area contributed by atoms with Gasteiger partial charge < -0.3 is 4.74 Å². The first-order valence-corrected chi connectivity index (χ1v) is 6.60. The first-order valence-electron chi connectivity index (χ1n) is 5.38. The monoisotopic (exact) mass is 256 g/mol. The molecule has 90 valence electrons. The third kappa shape index (κ3) is 3.25. The van der Waals surface area contributed by atoms with Crippen molar-refractivity contribution < 1.29 is 4.74 Å². The molecule has 0 spiro atoms. The zero-order valence-corrected chi connectivity index (χ0v) is 10.8. The summed E-state index contributed by atoms with van der Waals surface area (Å²) in [4.78, 5) is 8.41. The summed E-state index contributed by atoms with van der Waals surface area (Å²) in [5.41, 5.74) is 1.63. The highest BCUT2D eigenvalue weighted by Crippen LogP contribution is 2.16. The van der Waals surface area contributed by atoms with Crippen molar-refractivity contribution in [3.8, 4) is 18.2 Å². The third-order valence-electron chi connectivity index (χ3n) is 2.24. The average Bonchev–Trinajstić information content (AvgIpc) is 2.45. The molecule has 18 heavy (non-hydrogen) atoms. The maximum atomic E-state index is 5.62. The summed E-state index contributed by atoms with van der Waals surface area (Å²) < 4.78 is 5.62. The Morgan fingerprint density at radius 2 is 2.06 bits per heavy atom. The highest BCUT2D eigenvalue weighted by Gasteiger charge is 2.03. The molecule has 2 aromatic rings. The summed E-state index contributed by atoms with van der Waals surface area (Å²) in [5.74, 6) is 3.00. The van der Waals surface area contributed by atoms with Gasteiger partial charge in [-0.1, -0.05) is 42.1 Å². The lowest BCUT2D eigenvalue weighted by atomic mass is 10.2. The minimum atomic E-state index is 0.468. The van der Waals surface area contributed by atoms with Crippen molar-refractivity contribution in [1.82, 2.24) is 9.97 Å². The van der Waals surface area contributed by atoms with E-state index in [1.807, 2.05) is 36.6 Å². The van der Waals surface area contributed by atoms with Gasteiger partial charge in [-0.15, -0.1) is 6.42 Å². The Morgan fingerprint density at radius 3 is 2.72 bits per heavy atom. The van der Waals surface area contributed by atoms with Crippen molar-refractivity contribution in [3.05, 3.63) is 47.7 Å². The van der Waals surface area contributed by atoms with Gasteiger partial charge in [0, 0.05) is 6.07 Å². The predicted octanol–water partition coefficient (Wildman–Crippen LogP) is 2.76. The second kappa shape index (κ2) is 6.08. The smallest absolute Gasteiger partial charge is 0.218 e. The summed E-state index contributed by atoms with van der Waals surface area (Å²) in [6.45, 7) is 0.468. The summed E-state index contributed by atoms with van der Waals surface area (Å²) >= 11 is 1.44. The lowest BCUT2D eigenvalue weighted by Gasteiger charge is -2.06. The third-order valence-corrected chi connectivity index (χ3v) is 2.79. The fourth-order valence-corrected chi connectivity index (χ4v) is 1.75. The number of aromatic nitrogens is 2. The van der Waals surface area contributed by atoms with E-state index in [2.05, 4.69) is 15.9 Å². The molecule has 0 aliphatic rings. The summed E-state index contributed by atoms with van der Waals surface area (Å²) in [7, 11) is 0. The van der Waals surface area contributed by atoms with Crippen molar-refractivity contribution in [2.24, 2.45) is 0 Å². The van der Waals surface area contributed by atoms with E-state index in [9.17, 15) is 0 Å². The zero-order chi connectivity index (χ0) is 12.8. The van der Waals surface area contributed by atoms with E-state index >= 15 is 0 Å². The van der Waals surface area contributed by atoms with Crippen LogP contribution in [0.4, 0.5) is 0 Å². The van der Waals surface area contributed by atoms with Crippen LogP contribution in [-0.4, -0.2) is 16.2 Å². The van der Waals surface area contributed by atoms with E-state index in [1.54, 1.807) is 6.07 Å². The molecule has 3 nitrogen and oxygen atoms in total. The second-order valence-electron chi connectivity index (χ2n) is 3.50. The minimum absolute atomic E-state index is 0.468. The molecule has 4 heteroatoms. The first kappa shape index (κ1) is 12.5. The van der Waals surface area contributed by atoms with E-state index in [4.69, 9.17) is 11.2 Å². The number of thioether (sulfide) groups is 1. The molecule has 2 rings (SSSR count). The van der Waals surface area contributed by atoms with E-state index < -0.39 is 0 Å². The Kier molecular flexibility index (Phi) is 4.21. The number of terminal acetylenes is 1. The largest absolute Gasteiger partial charge is 0.473 e. The maximum Gasteiger partial charge on any atom is 0.218 e. The van der Waals surface area contributed by atoms with Crippen LogP contribution >= 0.6 is 11.8 Å². The predicted molar refractivity (Wildman–Crippen MR) is 72.5 cm³/mol. The topological polar surface area (TPSA) is 35.0 Å². The Hall–Kier alpha value is -1.99. The summed E-state index contributed by atoms with van der Waals surface area (Å²) in [6, 6.07) is 11.6. The molecule has 1 aromatic carbocycles. The van der Waals surface area contributed by atoms with Crippen LogP contribution in [0.2, 0.25) is 0 Å². The molecule has 0 amide bonds. The molecule has 0 aliphatic heterocycles. The molecule has 1 heterocycles. The lowest BCUT2D eigenvalue weighted by molar-refractivity contribution is 0.290. The first-order chi connectivity index (χ1) is 8.81. The molecular formula is C14H12N2OS. The van der Waals surface area contributed by atoms with E-state index in [-0.39, 0.29) is 0 Å². The Morgan fingerprint density at radius 1 is 1.28 bits per heavy atom. The van der Waals surface area contributed by atoms with Gasteiger partial charge in [0.25, 0.3) is 0 Å². The van der Waals surface area contributed by atoms with Crippen LogP contribution in [0.25, 0.3) is 0 Å². The zero-order valence-electron chi connectivity index (χ0n) is 9.96. The molecule has 0 aliphatic carbocycles. The Labute approximate surface area is 111 Å². The molecule has 0 N–H and O–H groups in total. The Bertz CT molecular complexity index is 564.